The van der Waals surface area contributed by atoms with E-state index in [9.17, 15) is 28.8 Å². The quantitative estimate of drug-likeness (QED) is 0.0422. The minimum Gasteiger partial charge on any atom is -0.494 e. The van der Waals surface area contributed by atoms with Gasteiger partial charge in [0.05, 0.1) is 25.6 Å². The summed E-state index contributed by atoms with van der Waals surface area (Å²) in [6, 6.07) is 8.52. The van der Waals surface area contributed by atoms with Gasteiger partial charge in [-0.1, -0.05) is 37.3 Å². The van der Waals surface area contributed by atoms with Crippen LogP contribution in [0.3, 0.4) is 0 Å². The van der Waals surface area contributed by atoms with Gasteiger partial charge in [0.15, 0.2) is 0 Å². The number of carbonyl (C=O) groups is 6. The average molecular weight is 810 g/mol. The van der Waals surface area contributed by atoms with Gasteiger partial charge in [-0.15, -0.1) is 11.8 Å². The normalized spacial score (nSPS) is 13.4. The lowest BCUT2D eigenvalue weighted by molar-refractivity contribution is -0.145. The van der Waals surface area contributed by atoms with E-state index >= 15 is 0 Å². The molecule has 8 N–H and O–H groups in total. The molecule has 57 heavy (non-hydrogen) atoms. The van der Waals surface area contributed by atoms with E-state index < -0.39 is 52.6 Å². The number of carbonyl (C=O) groups excluding carboxylic acids is 6. The summed E-state index contributed by atoms with van der Waals surface area (Å²) in [5.41, 5.74) is 10.0. The number of rotatable bonds is 23. The number of aromatic nitrogens is 1. The molecule has 5 amide bonds. The Labute approximate surface area is 339 Å². The molecule has 0 saturated carbocycles. The average Bonchev–Trinajstić information content (AvgIpc) is 3.58. The number of amides is 5. The predicted molar refractivity (Wildman–Crippen MR) is 221 cm³/mol. The first kappa shape index (κ1) is 46.3. The van der Waals surface area contributed by atoms with Gasteiger partial charge in [0.2, 0.25) is 29.5 Å². The maximum absolute atomic E-state index is 14.2. The number of fused-ring (bicyclic) bond motifs is 1. The molecule has 3 rings (SSSR count). The lowest BCUT2D eigenvalue weighted by Crippen LogP contribution is -2.62. The molecule has 1 heterocycles. The second-order valence-electron chi connectivity index (χ2n) is 14.5. The maximum atomic E-state index is 14.2. The van der Waals surface area contributed by atoms with Gasteiger partial charge < -0.3 is 46.8 Å². The molecule has 0 saturated heterocycles. The van der Waals surface area contributed by atoms with Gasteiger partial charge in [0, 0.05) is 48.7 Å². The molecule has 0 bridgehead atoms. The molecule has 0 aliphatic rings. The number of esters is 1. The number of H-pyrrole nitrogens is 1. The molecule has 4 atom stereocenters. The number of para-hydroxylation sites is 1. The van der Waals surface area contributed by atoms with Crippen LogP contribution in [-0.4, -0.2) is 95.5 Å². The molecule has 0 fully saturated rings. The van der Waals surface area contributed by atoms with Crippen molar-refractivity contribution in [3.8, 4) is 5.75 Å². The summed E-state index contributed by atoms with van der Waals surface area (Å²) in [6.45, 7) is 11.2. The van der Waals surface area contributed by atoms with Crippen molar-refractivity contribution >= 4 is 58.2 Å². The van der Waals surface area contributed by atoms with Crippen LogP contribution in [0, 0.1) is 6.92 Å². The Kier molecular flexibility index (Phi) is 18.4. The van der Waals surface area contributed by atoms with E-state index in [2.05, 4.69) is 31.6 Å². The zero-order valence-electron chi connectivity index (χ0n) is 34.0. The van der Waals surface area contributed by atoms with Crippen LogP contribution in [0.15, 0.2) is 48.7 Å². The number of nitrogens with one attached hydrogen (secondary N) is 6. The van der Waals surface area contributed by atoms with E-state index in [4.69, 9.17) is 15.2 Å². The number of thioether (sulfide) groups is 1. The summed E-state index contributed by atoms with van der Waals surface area (Å²) >= 11 is 1.21. The monoisotopic (exact) mass is 809 g/mol. The number of benzene rings is 2. The minimum absolute atomic E-state index is 0.0907. The number of hydrogen-bond donors (Lipinski definition) is 7. The first-order valence-electron chi connectivity index (χ1n) is 19.2. The Balaban J connectivity index is 1.87. The van der Waals surface area contributed by atoms with Gasteiger partial charge in [-0.05, 0) is 81.7 Å². The molecule has 3 aromatic rings. The van der Waals surface area contributed by atoms with Crippen molar-refractivity contribution in [3.05, 3.63) is 65.4 Å². The van der Waals surface area contributed by atoms with Gasteiger partial charge >= 0.3 is 5.97 Å². The predicted octanol–water partition coefficient (Wildman–Crippen LogP) is 2.92. The van der Waals surface area contributed by atoms with E-state index in [1.54, 1.807) is 38.1 Å². The van der Waals surface area contributed by atoms with Crippen LogP contribution in [0.1, 0.15) is 77.0 Å². The molecule has 0 aliphatic heterocycles. The van der Waals surface area contributed by atoms with Crippen LogP contribution in [0.2, 0.25) is 0 Å². The molecule has 0 aliphatic carbocycles. The second-order valence-corrected chi connectivity index (χ2v) is 16.1. The molecular formula is C41H59N7O8S. The highest BCUT2D eigenvalue weighted by Gasteiger charge is 2.40. The molecular weight excluding hydrogens is 751 g/mol. The van der Waals surface area contributed by atoms with Crippen LogP contribution in [-0.2, 0) is 46.3 Å². The molecule has 0 spiro atoms. The zero-order chi connectivity index (χ0) is 42.1. The smallest absolute Gasteiger partial charge is 0.328 e. The third-order valence-corrected chi connectivity index (χ3v) is 10.6. The van der Waals surface area contributed by atoms with Crippen LogP contribution in [0.25, 0.3) is 10.9 Å². The van der Waals surface area contributed by atoms with Crippen molar-refractivity contribution in [1.82, 2.24) is 31.6 Å². The van der Waals surface area contributed by atoms with Gasteiger partial charge in [-0.25, -0.2) is 4.79 Å². The highest BCUT2D eigenvalue weighted by molar-refractivity contribution is 8.00. The molecule has 16 heteroatoms. The molecule has 1 aromatic heterocycles. The summed E-state index contributed by atoms with van der Waals surface area (Å²) in [7, 11) is 1.22. The fraction of sp³-hybridized carbons (Fsp3) is 0.512. The lowest BCUT2D eigenvalue weighted by atomic mass is 9.99. The summed E-state index contributed by atoms with van der Waals surface area (Å²) in [4.78, 5) is 81.5. The number of unbranched alkanes of at least 4 members (excludes halogenated alkanes) is 1. The first-order chi connectivity index (χ1) is 27.1. The van der Waals surface area contributed by atoms with E-state index in [0.29, 0.717) is 31.7 Å². The summed E-state index contributed by atoms with van der Waals surface area (Å²) in [5.74, 6) is -2.24. The summed E-state index contributed by atoms with van der Waals surface area (Å²) in [6.07, 6.45) is 4.10. The third kappa shape index (κ3) is 14.7. The number of aromatic amines is 1. The Morgan fingerprint density at radius 3 is 2.19 bits per heavy atom. The van der Waals surface area contributed by atoms with E-state index in [1.807, 2.05) is 38.2 Å². The van der Waals surface area contributed by atoms with Crippen LogP contribution >= 0.6 is 11.8 Å². The van der Waals surface area contributed by atoms with Crippen molar-refractivity contribution < 1.29 is 38.2 Å². The molecule has 2 aromatic carbocycles. The molecule has 15 nitrogen and oxygen atoms in total. The molecule has 312 valence electrons. The fourth-order valence-electron chi connectivity index (χ4n) is 6.12. The number of ether oxygens (including phenoxy) is 2. The highest BCUT2D eigenvalue weighted by Crippen LogP contribution is 2.29. The number of nitrogens with two attached hydrogens (primary N) is 1. The Morgan fingerprint density at radius 1 is 0.860 bits per heavy atom. The summed E-state index contributed by atoms with van der Waals surface area (Å²) < 4.78 is 9.66. The Morgan fingerprint density at radius 2 is 1.54 bits per heavy atom. The van der Waals surface area contributed by atoms with E-state index in [1.165, 1.54) is 32.7 Å². The highest BCUT2D eigenvalue weighted by atomic mass is 32.2. The minimum atomic E-state index is -1.26. The van der Waals surface area contributed by atoms with Crippen LogP contribution in [0.4, 0.5) is 0 Å². The topological polar surface area (TPSA) is 223 Å². The van der Waals surface area contributed by atoms with Gasteiger partial charge in [0.25, 0.3) is 0 Å². The number of aryl methyl sites for hydroxylation is 1. The van der Waals surface area contributed by atoms with Crippen molar-refractivity contribution in [2.75, 3.05) is 26.1 Å². The zero-order valence-corrected chi connectivity index (χ0v) is 34.9. The van der Waals surface area contributed by atoms with Crippen molar-refractivity contribution in [2.45, 2.75) is 109 Å². The maximum Gasteiger partial charge on any atom is 0.328 e. The van der Waals surface area contributed by atoms with Gasteiger partial charge in [0.1, 0.15) is 23.9 Å². The summed E-state index contributed by atoms with van der Waals surface area (Å²) in [5, 5.41) is 14.8. The van der Waals surface area contributed by atoms with Crippen molar-refractivity contribution in [1.29, 1.82) is 0 Å². The molecule has 0 unspecified atom stereocenters. The van der Waals surface area contributed by atoms with Gasteiger partial charge in [-0.3, -0.25) is 24.0 Å². The standard InChI is InChI=1S/C41H59N7O8S/c1-8-20-56-30-17-15-28(16-18-30)21-34(40(54)55-7)47-39(53)36(41(5,6)57-24-45-27(4)50)48-38(52)33(14-9-10-19-43-26(3)49)46-37(51)32(42)22-29-23-44-35-25(2)12-11-13-31(29)35/h11-13,15-18,23,32-34,36,44H,8-10,14,19-22,24,42H2,1-7H3,(H,43,49)(H,45,50)(H,46,51)(H,47,53)(H,48,52)/t32-,33-,34-,36+/m0/s1. The van der Waals surface area contributed by atoms with Gasteiger partial charge in [-0.2, -0.15) is 0 Å². The first-order valence-corrected chi connectivity index (χ1v) is 20.2. The second kappa shape index (κ2) is 22.6. The third-order valence-electron chi connectivity index (χ3n) is 9.36. The van der Waals surface area contributed by atoms with E-state index in [-0.39, 0.29) is 37.0 Å². The molecule has 0 radical (unpaired) electrons. The number of methoxy groups -OCH3 is 1. The fourth-order valence-corrected chi connectivity index (χ4v) is 7.10. The largest absolute Gasteiger partial charge is 0.494 e. The van der Waals surface area contributed by atoms with Crippen LogP contribution < -0.4 is 37.1 Å². The Bertz CT molecular complexity index is 1830. The van der Waals surface area contributed by atoms with Crippen molar-refractivity contribution in [3.63, 3.8) is 0 Å². The SMILES string of the molecule is CCCOc1ccc(C[C@H](NC(=O)[C@@H](NC(=O)[C@H](CCCCNC(C)=O)NC(=O)[C@@H](N)Cc2c[nH]c3c(C)cccc23)C(C)(C)SCNC(C)=O)C(=O)OC)cc1. The Hall–Kier alpha value is -5.09. The van der Waals surface area contributed by atoms with Crippen LogP contribution in [0.5, 0.6) is 5.75 Å². The number of hydrogen-bond acceptors (Lipinski definition) is 10. The lowest BCUT2D eigenvalue weighted by Gasteiger charge is -2.35. The van der Waals surface area contributed by atoms with E-state index in [0.717, 1.165) is 34.0 Å². The van der Waals surface area contributed by atoms with Crippen molar-refractivity contribution in [2.24, 2.45) is 5.73 Å².